The third-order valence-corrected chi connectivity index (χ3v) is 5.71. The minimum absolute atomic E-state index is 0.195. The molecule has 0 spiro atoms. The number of carbonyl (C=O) groups is 1. The van der Waals surface area contributed by atoms with E-state index in [9.17, 15) is 4.79 Å². The highest BCUT2D eigenvalue weighted by molar-refractivity contribution is 6.31. The Balaban J connectivity index is 1.66. The molecule has 1 amide bonds. The maximum absolute atomic E-state index is 12.6. The number of hydrogen-bond donors (Lipinski definition) is 2. The van der Waals surface area contributed by atoms with Crippen LogP contribution in [0.15, 0.2) is 30.3 Å². The zero-order valence-corrected chi connectivity index (χ0v) is 19.0. The van der Waals surface area contributed by atoms with Crippen molar-refractivity contribution >= 4 is 35.0 Å². The first-order valence-corrected chi connectivity index (χ1v) is 11.0. The minimum Gasteiger partial charge on any atom is -0.381 e. The summed E-state index contributed by atoms with van der Waals surface area (Å²) < 4.78 is 1.79. The molecule has 1 aliphatic rings. The van der Waals surface area contributed by atoms with Crippen LogP contribution in [-0.4, -0.2) is 46.8 Å². The quantitative estimate of drug-likeness (QED) is 0.628. The normalized spacial score (nSPS) is 15.8. The Morgan fingerprint density at radius 2 is 1.93 bits per heavy atom. The number of halogens is 1. The second-order valence-electron chi connectivity index (χ2n) is 8.46. The van der Waals surface area contributed by atoms with Crippen LogP contribution in [0, 0.1) is 12.8 Å². The Labute approximate surface area is 184 Å². The average Bonchev–Trinajstić information content (AvgIpc) is 2.95. The molecule has 0 aliphatic carbocycles. The highest BCUT2D eigenvalue weighted by atomic mass is 35.5. The van der Waals surface area contributed by atoms with Crippen LogP contribution in [-0.2, 0) is 11.3 Å². The summed E-state index contributed by atoms with van der Waals surface area (Å²) in [6.45, 7) is 9.05. The highest BCUT2D eigenvalue weighted by Crippen LogP contribution is 2.25. The molecular formula is C23H32ClN5O. The number of piperidine rings is 1. The third kappa shape index (κ3) is 5.86. The maximum atomic E-state index is 12.6. The van der Waals surface area contributed by atoms with Crippen molar-refractivity contribution in [3.8, 4) is 0 Å². The van der Waals surface area contributed by atoms with Gasteiger partial charge in [-0.2, -0.15) is 5.10 Å². The molecule has 1 aliphatic heterocycles. The summed E-state index contributed by atoms with van der Waals surface area (Å²) in [7, 11) is 2.15. The van der Waals surface area contributed by atoms with Gasteiger partial charge in [-0.15, -0.1) is 0 Å². The number of para-hydroxylation sites is 2. The van der Waals surface area contributed by atoms with E-state index in [2.05, 4.69) is 41.5 Å². The Morgan fingerprint density at radius 3 is 2.60 bits per heavy atom. The molecule has 162 valence electrons. The number of aromatic nitrogens is 2. The molecule has 30 heavy (non-hydrogen) atoms. The molecule has 2 aromatic rings. The number of rotatable bonds is 7. The zero-order valence-electron chi connectivity index (χ0n) is 18.3. The van der Waals surface area contributed by atoms with E-state index >= 15 is 0 Å². The Bertz CT molecular complexity index is 897. The molecular weight excluding hydrogens is 398 g/mol. The summed E-state index contributed by atoms with van der Waals surface area (Å²) in [4.78, 5) is 14.9. The molecule has 7 heteroatoms. The van der Waals surface area contributed by atoms with Crippen molar-refractivity contribution in [2.45, 2.75) is 46.2 Å². The molecule has 1 aromatic heterocycles. The molecule has 1 aromatic carbocycles. The van der Waals surface area contributed by atoms with E-state index in [0.29, 0.717) is 17.1 Å². The Kier molecular flexibility index (Phi) is 7.56. The summed E-state index contributed by atoms with van der Waals surface area (Å²) in [5.41, 5.74) is 3.33. The monoisotopic (exact) mass is 429 g/mol. The van der Waals surface area contributed by atoms with E-state index in [0.717, 1.165) is 55.1 Å². The van der Waals surface area contributed by atoms with Gasteiger partial charge < -0.3 is 15.5 Å². The summed E-state index contributed by atoms with van der Waals surface area (Å²) >= 11 is 6.47. The van der Waals surface area contributed by atoms with Crippen LogP contribution in [0.3, 0.4) is 0 Å². The van der Waals surface area contributed by atoms with Gasteiger partial charge in [-0.3, -0.25) is 9.48 Å². The maximum Gasteiger partial charge on any atom is 0.248 e. The number of aryl methyl sites for hydroxylation is 1. The lowest BCUT2D eigenvalue weighted by Gasteiger charge is -2.30. The lowest BCUT2D eigenvalue weighted by Crippen LogP contribution is -2.36. The predicted octanol–water partition coefficient (Wildman–Crippen LogP) is 4.66. The lowest BCUT2D eigenvalue weighted by atomic mass is 10.0. The van der Waals surface area contributed by atoms with Crippen molar-refractivity contribution in [3.05, 3.63) is 46.8 Å². The predicted molar refractivity (Wildman–Crippen MR) is 125 cm³/mol. The van der Waals surface area contributed by atoms with Crippen molar-refractivity contribution in [2.24, 2.45) is 5.92 Å². The lowest BCUT2D eigenvalue weighted by molar-refractivity contribution is -0.111. The summed E-state index contributed by atoms with van der Waals surface area (Å²) in [6, 6.07) is 8.25. The van der Waals surface area contributed by atoms with Crippen LogP contribution in [0.25, 0.3) is 6.08 Å². The Hall–Kier alpha value is -2.31. The van der Waals surface area contributed by atoms with Crippen LogP contribution < -0.4 is 10.6 Å². The van der Waals surface area contributed by atoms with Crippen LogP contribution >= 0.6 is 11.6 Å². The third-order valence-electron chi connectivity index (χ3n) is 5.31. The number of benzene rings is 1. The molecule has 1 saturated heterocycles. The van der Waals surface area contributed by atoms with E-state index in [-0.39, 0.29) is 5.91 Å². The molecule has 0 radical (unpaired) electrons. The fraction of sp³-hybridized carbons (Fsp3) is 0.478. The fourth-order valence-electron chi connectivity index (χ4n) is 3.65. The van der Waals surface area contributed by atoms with Gasteiger partial charge in [0.25, 0.3) is 0 Å². The second kappa shape index (κ2) is 10.1. The average molecular weight is 430 g/mol. The first kappa shape index (κ1) is 22.4. The van der Waals surface area contributed by atoms with Gasteiger partial charge in [0.05, 0.1) is 17.1 Å². The van der Waals surface area contributed by atoms with Crippen LogP contribution in [0.4, 0.5) is 11.4 Å². The van der Waals surface area contributed by atoms with E-state index in [1.54, 1.807) is 10.8 Å². The highest BCUT2D eigenvalue weighted by Gasteiger charge is 2.17. The SMILES string of the molecule is Cc1nn(CC(C)C)c(Cl)c1C=CC(=O)Nc1ccccc1NC1CCN(C)CC1. The Morgan fingerprint density at radius 1 is 1.27 bits per heavy atom. The summed E-state index contributed by atoms with van der Waals surface area (Å²) in [5, 5.41) is 11.6. The first-order valence-electron chi connectivity index (χ1n) is 10.6. The van der Waals surface area contributed by atoms with Crippen LogP contribution in [0.1, 0.15) is 37.9 Å². The number of likely N-dealkylation sites (tertiary alicyclic amines) is 1. The van der Waals surface area contributed by atoms with Gasteiger partial charge in [0.15, 0.2) is 0 Å². The fourth-order valence-corrected chi connectivity index (χ4v) is 3.95. The molecule has 0 bridgehead atoms. The molecule has 2 N–H and O–H groups in total. The van der Waals surface area contributed by atoms with Crippen LogP contribution in [0.2, 0.25) is 5.15 Å². The molecule has 2 heterocycles. The van der Waals surface area contributed by atoms with Crippen molar-refractivity contribution in [1.29, 1.82) is 0 Å². The molecule has 6 nitrogen and oxygen atoms in total. The van der Waals surface area contributed by atoms with Crippen LogP contribution in [0.5, 0.6) is 0 Å². The van der Waals surface area contributed by atoms with E-state index in [1.165, 1.54) is 6.08 Å². The summed E-state index contributed by atoms with van der Waals surface area (Å²) in [6.07, 6.45) is 5.44. The van der Waals surface area contributed by atoms with Gasteiger partial charge >= 0.3 is 0 Å². The minimum atomic E-state index is -0.195. The number of anilines is 2. The number of amides is 1. The zero-order chi connectivity index (χ0) is 21.7. The molecule has 0 unspecified atom stereocenters. The van der Waals surface area contributed by atoms with Gasteiger partial charge in [-0.1, -0.05) is 37.6 Å². The van der Waals surface area contributed by atoms with Gasteiger partial charge in [-0.25, -0.2) is 0 Å². The largest absolute Gasteiger partial charge is 0.381 e. The number of hydrogen-bond acceptors (Lipinski definition) is 4. The van der Waals surface area contributed by atoms with Gasteiger partial charge in [-0.05, 0) is 64.0 Å². The van der Waals surface area contributed by atoms with Crippen molar-refractivity contribution in [3.63, 3.8) is 0 Å². The number of nitrogens with one attached hydrogen (secondary N) is 2. The number of nitrogens with zero attached hydrogens (tertiary/aromatic N) is 3. The van der Waals surface area contributed by atoms with E-state index in [1.807, 2.05) is 31.2 Å². The van der Waals surface area contributed by atoms with Crippen molar-refractivity contribution in [2.75, 3.05) is 30.8 Å². The smallest absolute Gasteiger partial charge is 0.248 e. The topological polar surface area (TPSA) is 62.2 Å². The standard InChI is InChI=1S/C23H32ClN5O/c1-16(2)15-29-23(24)19(17(3)27-29)9-10-22(30)26-21-8-6-5-7-20(21)25-18-11-13-28(4)14-12-18/h5-10,16,18,25H,11-15H2,1-4H3,(H,26,30). The summed E-state index contributed by atoms with van der Waals surface area (Å²) in [5.74, 6) is 0.246. The molecule has 0 atom stereocenters. The van der Waals surface area contributed by atoms with Gasteiger partial charge in [0.1, 0.15) is 5.15 Å². The van der Waals surface area contributed by atoms with Crippen molar-refractivity contribution in [1.82, 2.24) is 14.7 Å². The van der Waals surface area contributed by atoms with Crippen molar-refractivity contribution < 1.29 is 4.79 Å². The second-order valence-corrected chi connectivity index (χ2v) is 8.81. The molecule has 0 saturated carbocycles. The van der Waals surface area contributed by atoms with E-state index in [4.69, 9.17) is 11.6 Å². The van der Waals surface area contributed by atoms with E-state index < -0.39 is 0 Å². The first-order chi connectivity index (χ1) is 14.3. The number of carbonyl (C=O) groups excluding carboxylic acids is 1. The van der Waals surface area contributed by atoms with Gasteiger partial charge in [0.2, 0.25) is 5.91 Å². The van der Waals surface area contributed by atoms with Gasteiger partial charge in [0, 0.05) is 24.2 Å². The molecule has 3 rings (SSSR count). The molecule has 1 fully saturated rings.